The summed E-state index contributed by atoms with van der Waals surface area (Å²) in [5.74, 6) is 0.812. The number of nitrogens with two attached hydrogens (primary N) is 1. The Morgan fingerprint density at radius 2 is 2.00 bits per heavy atom. The summed E-state index contributed by atoms with van der Waals surface area (Å²) < 4.78 is 15.3. The van der Waals surface area contributed by atoms with Crippen molar-refractivity contribution in [1.29, 1.82) is 0 Å². The van der Waals surface area contributed by atoms with E-state index in [0.717, 1.165) is 0 Å². The molecule has 0 unspecified atom stereocenters. The van der Waals surface area contributed by atoms with Gasteiger partial charge >= 0.3 is 5.97 Å². The third-order valence-electron chi connectivity index (χ3n) is 2.38. The van der Waals surface area contributed by atoms with Crippen LogP contribution in [-0.4, -0.2) is 26.3 Å². The van der Waals surface area contributed by atoms with Crippen molar-refractivity contribution < 1.29 is 19.0 Å². The summed E-state index contributed by atoms with van der Waals surface area (Å²) >= 11 is 0. The van der Waals surface area contributed by atoms with Gasteiger partial charge in [0.2, 0.25) is 0 Å². The molecule has 1 heterocycles. The predicted molar refractivity (Wildman–Crippen MR) is 63.6 cm³/mol. The van der Waals surface area contributed by atoms with Crippen LogP contribution in [0, 0.1) is 0 Å². The smallest absolute Gasteiger partial charge is 0.327 e. The first-order chi connectivity index (χ1) is 7.72. The van der Waals surface area contributed by atoms with Gasteiger partial charge in [-0.05, 0) is 17.7 Å². The number of hydrogen-bond donors (Lipinski definition) is 1. The summed E-state index contributed by atoms with van der Waals surface area (Å²) in [7, 11) is 1.31. The molecule has 0 saturated carbocycles. The normalized spacial score (nSPS) is 14.5. The van der Waals surface area contributed by atoms with Gasteiger partial charge in [0, 0.05) is 0 Å². The van der Waals surface area contributed by atoms with Crippen molar-refractivity contribution in [2.45, 2.75) is 6.04 Å². The molecule has 6 heteroatoms. The first-order valence-corrected chi connectivity index (χ1v) is 4.95. The van der Waals surface area contributed by atoms with E-state index in [1.807, 2.05) is 0 Å². The van der Waals surface area contributed by atoms with Crippen LogP contribution in [0.3, 0.4) is 0 Å². The summed E-state index contributed by atoms with van der Waals surface area (Å²) in [5, 5.41) is 0. The molecule has 2 N–H and O–H groups in total. The van der Waals surface area contributed by atoms with Crippen LogP contribution in [0.15, 0.2) is 18.2 Å². The molecule has 0 radical (unpaired) electrons. The van der Waals surface area contributed by atoms with E-state index in [4.69, 9.17) is 15.2 Å². The van der Waals surface area contributed by atoms with Crippen LogP contribution in [-0.2, 0) is 9.53 Å². The van der Waals surface area contributed by atoms with Crippen LogP contribution >= 0.6 is 12.4 Å². The van der Waals surface area contributed by atoms with Gasteiger partial charge in [-0.25, -0.2) is 0 Å². The second-order valence-electron chi connectivity index (χ2n) is 3.40. The second-order valence-corrected chi connectivity index (χ2v) is 3.40. The molecule has 0 saturated heterocycles. The molecule has 0 aromatic heterocycles. The Kier molecular flexibility index (Phi) is 4.60. The van der Waals surface area contributed by atoms with Gasteiger partial charge in [0.15, 0.2) is 11.5 Å². The molecule has 1 atom stereocenters. The number of carbonyl (C=O) groups excluding carboxylic acids is 1. The van der Waals surface area contributed by atoms with Crippen LogP contribution in [0.5, 0.6) is 11.5 Å². The van der Waals surface area contributed by atoms with Gasteiger partial charge < -0.3 is 19.9 Å². The molecule has 1 aromatic rings. The van der Waals surface area contributed by atoms with Gasteiger partial charge in [-0.1, -0.05) is 6.07 Å². The lowest BCUT2D eigenvalue weighted by molar-refractivity contribution is -0.142. The maximum absolute atomic E-state index is 11.3. The minimum atomic E-state index is -0.791. The van der Waals surface area contributed by atoms with Crippen molar-refractivity contribution in [2.24, 2.45) is 5.73 Å². The van der Waals surface area contributed by atoms with E-state index in [9.17, 15) is 4.79 Å². The highest BCUT2D eigenvalue weighted by atomic mass is 35.5. The van der Waals surface area contributed by atoms with Crippen molar-refractivity contribution >= 4 is 18.4 Å². The number of carbonyl (C=O) groups is 1. The molecule has 0 fully saturated rings. The average molecular weight is 260 g/mol. The highest BCUT2D eigenvalue weighted by molar-refractivity contribution is 5.85. The molecular formula is C11H14ClNO4. The third kappa shape index (κ3) is 2.81. The molecular weight excluding hydrogens is 246 g/mol. The van der Waals surface area contributed by atoms with E-state index in [1.54, 1.807) is 18.2 Å². The van der Waals surface area contributed by atoms with Gasteiger partial charge in [0.1, 0.15) is 19.3 Å². The fraction of sp³-hybridized carbons (Fsp3) is 0.364. The van der Waals surface area contributed by atoms with Gasteiger partial charge in [0.25, 0.3) is 0 Å². The van der Waals surface area contributed by atoms with Gasteiger partial charge in [-0.15, -0.1) is 12.4 Å². The number of ether oxygens (including phenoxy) is 3. The van der Waals surface area contributed by atoms with Crippen LogP contribution in [0.2, 0.25) is 0 Å². The van der Waals surface area contributed by atoms with Crippen molar-refractivity contribution in [3.63, 3.8) is 0 Å². The standard InChI is InChI=1S/C11H13NO4.ClH/c1-14-11(13)10(12)7-2-3-8-9(6-7)16-5-4-15-8;/h2-3,6,10H,4-5,12H2,1H3;1H/t10-;/m0./s1. The Balaban J connectivity index is 0.00000144. The van der Waals surface area contributed by atoms with E-state index >= 15 is 0 Å². The molecule has 0 spiro atoms. The third-order valence-corrected chi connectivity index (χ3v) is 2.38. The van der Waals surface area contributed by atoms with Gasteiger partial charge in [0.05, 0.1) is 7.11 Å². The second kappa shape index (κ2) is 5.75. The first kappa shape index (κ1) is 13.6. The van der Waals surface area contributed by atoms with E-state index in [1.165, 1.54) is 7.11 Å². The number of methoxy groups -OCH3 is 1. The Labute approximate surface area is 105 Å². The zero-order valence-corrected chi connectivity index (χ0v) is 10.2. The summed E-state index contributed by atoms with van der Waals surface area (Å²) in [6.07, 6.45) is 0. The Morgan fingerprint density at radius 1 is 1.35 bits per heavy atom. The van der Waals surface area contributed by atoms with E-state index in [-0.39, 0.29) is 12.4 Å². The Morgan fingerprint density at radius 3 is 2.65 bits per heavy atom. The highest BCUT2D eigenvalue weighted by Crippen LogP contribution is 2.32. The summed E-state index contributed by atoms with van der Waals surface area (Å²) in [6.45, 7) is 1.04. The molecule has 94 valence electrons. The lowest BCUT2D eigenvalue weighted by Crippen LogP contribution is -2.23. The van der Waals surface area contributed by atoms with E-state index in [2.05, 4.69) is 4.74 Å². The summed E-state index contributed by atoms with van der Waals surface area (Å²) in [5.41, 5.74) is 6.36. The molecule has 5 nitrogen and oxygen atoms in total. The molecule has 1 aromatic carbocycles. The highest BCUT2D eigenvalue weighted by Gasteiger charge is 2.19. The molecule has 0 bridgehead atoms. The van der Waals surface area contributed by atoms with Crippen LogP contribution < -0.4 is 15.2 Å². The zero-order chi connectivity index (χ0) is 11.5. The SMILES string of the molecule is COC(=O)[C@@H](N)c1ccc2c(c1)OCCO2.Cl. The number of benzene rings is 1. The van der Waals surface area contributed by atoms with Crippen LogP contribution in [0.4, 0.5) is 0 Å². The monoisotopic (exact) mass is 259 g/mol. The fourth-order valence-electron chi connectivity index (χ4n) is 1.52. The average Bonchev–Trinajstić information content (AvgIpc) is 2.36. The molecule has 1 aliphatic heterocycles. The van der Waals surface area contributed by atoms with Crippen LogP contribution in [0.1, 0.15) is 11.6 Å². The number of esters is 1. The number of halogens is 1. The quantitative estimate of drug-likeness (QED) is 0.804. The molecule has 2 rings (SSSR count). The van der Waals surface area contributed by atoms with Crippen molar-refractivity contribution in [2.75, 3.05) is 20.3 Å². The molecule has 0 aliphatic carbocycles. The van der Waals surface area contributed by atoms with Crippen molar-refractivity contribution in [3.05, 3.63) is 23.8 Å². The number of rotatable bonds is 2. The molecule has 17 heavy (non-hydrogen) atoms. The zero-order valence-electron chi connectivity index (χ0n) is 9.34. The van der Waals surface area contributed by atoms with E-state index in [0.29, 0.717) is 30.3 Å². The molecule has 1 aliphatic rings. The fourth-order valence-corrected chi connectivity index (χ4v) is 1.52. The topological polar surface area (TPSA) is 70.8 Å². The van der Waals surface area contributed by atoms with Gasteiger partial charge in [-0.2, -0.15) is 0 Å². The molecule has 0 amide bonds. The van der Waals surface area contributed by atoms with Gasteiger partial charge in [-0.3, -0.25) is 4.79 Å². The number of hydrogen-bond acceptors (Lipinski definition) is 5. The summed E-state index contributed by atoms with van der Waals surface area (Å²) in [6, 6.07) is 4.39. The Hall–Kier alpha value is -1.46. The minimum Gasteiger partial charge on any atom is -0.486 e. The minimum absolute atomic E-state index is 0. The maximum atomic E-state index is 11.3. The Bertz CT molecular complexity index is 410. The van der Waals surface area contributed by atoms with Crippen molar-refractivity contribution in [1.82, 2.24) is 0 Å². The maximum Gasteiger partial charge on any atom is 0.327 e. The lowest BCUT2D eigenvalue weighted by atomic mass is 10.1. The predicted octanol–water partition coefficient (Wildman–Crippen LogP) is 1.05. The van der Waals surface area contributed by atoms with E-state index < -0.39 is 12.0 Å². The van der Waals surface area contributed by atoms with Crippen molar-refractivity contribution in [3.8, 4) is 11.5 Å². The number of fused-ring (bicyclic) bond motifs is 1. The lowest BCUT2D eigenvalue weighted by Gasteiger charge is -2.19. The largest absolute Gasteiger partial charge is 0.486 e. The summed E-state index contributed by atoms with van der Waals surface area (Å²) in [4.78, 5) is 11.3. The first-order valence-electron chi connectivity index (χ1n) is 4.95. The van der Waals surface area contributed by atoms with Crippen LogP contribution in [0.25, 0.3) is 0 Å².